The van der Waals surface area contributed by atoms with E-state index in [2.05, 4.69) is 9.97 Å². The van der Waals surface area contributed by atoms with E-state index in [9.17, 15) is 14.7 Å². The Bertz CT molecular complexity index is 2990. The fourth-order valence-electron chi connectivity index (χ4n) is 6.91. The molecule has 6 aromatic carbocycles. The molecule has 0 aliphatic rings. The smallest absolute Gasteiger partial charge is 0.196 e. The zero-order valence-corrected chi connectivity index (χ0v) is 37.3. The van der Waals surface area contributed by atoms with Crippen LogP contribution in [0.3, 0.4) is 0 Å². The number of aromatic hydroxyl groups is 1. The molecule has 12 nitrogen and oxygen atoms in total. The standard InChI is InChI=1S/C27H24ClNO5.C25H21NO5/c1-17-4-9-23(21(14-17)27(30)18-5-7-19(8-6-18)33-13-11-28)34-24-10-12-29-22-16-26(32-3)25(31-2)15-20(22)24;1-15-4-9-21(19(12-15)25(28)16-5-7-17(27)8-6-16)31-22-10-11-26-20-14-24(30-3)23(29-2)13-18(20)22/h4-10,12,14-16H,11,13H2,1-3H3;4-14,27H,1-3H3. The van der Waals surface area contributed by atoms with Gasteiger partial charge in [0.15, 0.2) is 34.6 Å². The second kappa shape index (κ2) is 20.6. The number of rotatable bonds is 15. The maximum atomic E-state index is 13.4. The number of alkyl halides is 1. The van der Waals surface area contributed by atoms with E-state index in [4.69, 9.17) is 44.8 Å². The van der Waals surface area contributed by atoms with Crippen LogP contribution in [0.15, 0.2) is 134 Å². The van der Waals surface area contributed by atoms with Gasteiger partial charge in [0.05, 0.1) is 56.5 Å². The van der Waals surface area contributed by atoms with Crippen molar-refractivity contribution in [2.24, 2.45) is 0 Å². The highest BCUT2D eigenvalue weighted by atomic mass is 35.5. The van der Waals surface area contributed by atoms with Gasteiger partial charge in [-0.25, -0.2) is 0 Å². The normalized spacial score (nSPS) is 10.7. The summed E-state index contributed by atoms with van der Waals surface area (Å²) in [5, 5.41) is 11.0. The van der Waals surface area contributed by atoms with E-state index < -0.39 is 0 Å². The van der Waals surface area contributed by atoms with Crippen molar-refractivity contribution in [1.82, 2.24) is 9.97 Å². The molecule has 0 radical (unpaired) electrons. The van der Waals surface area contributed by atoms with E-state index in [1.165, 1.54) is 12.1 Å². The van der Waals surface area contributed by atoms with Gasteiger partial charge in [0.2, 0.25) is 0 Å². The molecule has 0 fully saturated rings. The number of aromatic nitrogens is 2. The van der Waals surface area contributed by atoms with Crippen LogP contribution in [0, 0.1) is 13.8 Å². The van der Waals surface area contributed by atoms with E-state index in [0.29, 0.717) is 97.5 Å². The first kappa shape index (κ1) is 45.2. The highest BCUT2D eigenvalue weighted by molar-refractivity contribution is 6.18. The first-order valence-electron chi connectivity index (χ1n) is 20.3. The Morgan fingerprint density at radius 2 is 0.923 bits per heavy atom. The molecular formula is C52H45ClN2O10. The van der Waals surface area contributed by atoms with Crippen molar-refractivity contribution in [3.05, 3.63) is 167 Å². The molecule has 0 saturated carbocycles. The third-order valence-electron chi connectivity index (χ3n) is 10.2. The molecule has 330 valence electrons. The van der Waals surface area contributed by atoms with Crippen molar-refractivity contribution in [2.75, 3.05) is 40.9 Å². The minimum absolute atomic E-state index is 0.102. The molecule has 8 rings (SSSR count). The van der Waals surface area contributed by atoms with Gasteiger partial charge < -0.3 is 38.3 Å². The molecule has 2 heterocycles. The third-order valence-corrected chi connectivity index (χ3v) is 10.4. The summed E-state index contributed by atoms with van der Waals surface area (Å²) in [5.74, 6) is 5.01. The molecule has 13 heteroatoms. The Balaban J connectivity index is 0.000000195. The first-order valence-corrected chi connectivity index (χ1v) is 20.8. The largest absolute Gasteiger partial charge is 0.508 e. The van der Waals surface area contributed by atoms with Crippen LogP contribution in [0.25, 0.3) is 21.8 Å². The van der Waals surface area contributed by atoms with Crippen molar-refractivity contribution in [2.45, 2.75) is 13.8 Å². The van der Waals surface area contributed by atoms with Gasteiger partial charge in [0.25, 0.3) is 0 Å². The monoisotopic (exact) mass is 892 g/mol. The van der Waals surface area contributed by atoms with Gasteiger partial charge in [-0.1, -0.05) is 23.3 Å². The zero-order valence-electron chi connectivity index (χ0n) is 36.5. The van der Waals surface area contributed by atoms with E-state index in [1.54, 1.807) is 126 Å². The van der Waals surface area contributed by atoms with Crippen LogP contribution < -0.4 is 33.2 Å². The number of benzene rings is 6. The van der Waals surface area contributed by atoms with E-state index in [-0.39, 0.29) is 17.3 Å². The Labute approximate surface area is 380 Å². The van der Waals surface area contributed by atoms with Gasteiger partial charge in [0, 0.05) is 46.4 Å². The lowest BCUT2D eigenvalue weighted by atomic mass is 10.0. The maximum absolute atomic E-state index is 13.4. The predicted octanol–water partition coefficient (Wildman–Crippen LogP) is 11.5. The lowest BCUT2D eigenvalue weighted by Gasteiger charge is -2.15. The van der Waals surface area contributed by atoms with Gasteiger partial charge >= 0.3 is 0 Å². The molecule has 65 heavy (non-hydrogen) atoms. The second-order valence-corrected chi connectivity index (χ2v) is 14.9. The number of phenols is 1. The Morgan fingerprint density at radius 3 is 1.34 bits per heavy atom. The number of hydrogen-bond acceptors (Lipinski definition) is 12. The van der Waals surface area contributed by atoms with E-state index in [0.717, 1.165) is 21.9 Å². The van der Waals surface area contributed by atoms with Crippen LogP contribution in [-0.4, -0.2) is 67.6 Å². The van der Waals surface area contributed by atoms with Crippen molar-refractivity contribution >= 4 is 45.0 Å². The van der Waals surface area contributed by atoms with Crippen LogP contribution in [-0.2, 0) is 0 Å². The summed E-state index contributed by atoms with van der Waals surface area (Å²) in [4.78, 5) is 35.4. The second-order valence-electron chi connectivity index (χ2n) is 14.5. The molecule has 0 unspecified atom stereocenters. The minimum Gasteiger partial charge on any atom is -0.508 e. The molecule has 1 N–H and O–H groups in total. The Hall–Kier alpha value is -7.83. The van der Waals surface area contributed by atoms with Gasteiger partial charge in [-0.15, -0.1) is 11.6 Å². The molecule has 0 amide bonds. The summed E-state index contributed by atoms with van der Waals surface area (Å²) in [6.45, 7) is 4.25. The number of carbonyl (C=O) groups is 2. The number of ketones is 2. The summed E-state index contributed by atoms with van der Waals surface area (Å²) < 4.78 is 39.6. The molecule has 0 atom stereocenters. The number of halogens is 1. The molecule has 0 aliphatic carbocycles. The summed E-state index contributed by atoms with van der Waals surface area (Å²) in [6.07, 6.45) is 3.29. The topological polar surface area (TPSA) is 145 Å². The van der Waals surface area contributed by atoms with Gasteiger partial charge in [-0.05, 0) is 111 Å². The van der Waals surface area contributed by atoms with Crippen molar-refractivity contribution < 1.29 is 47.9 Å². The van der Waals surface area contributed by atoms with Crippen molar-refractivity contribution in [1.29, 1.82) is 0 Å². The predicted molar refractivity (Wildman–Crippen MR) is 250 cm³/mol. The van der Waals surface area contributed by atoms with Crippen LogP contribution in [0.5, 0.6) is 57.5 Å². The number of nitrogens with zero attached hydrogens (tertiary/aromatic N) is 2. The molecule has 0 spiro atoms. The number of fused-ring (bicyclic) bond motifs is 2. The third kappa shape index (κ3) is 10.4. The number of hydrogen-bond donors (Lipinski definition) is 1. The number of methoxy groups -OCH3 is 4. The van der Waals surface area contributed by atoms with Gasteiger partial charge in [-0.2, -0.15) is 0 Å². The SMILES string of the molecule is COc1cc2nccc(Oc3ccc(C)cc3C(=O)c3ccc(O)cc3)c2cc1OC.COc1cc2nccc(Oc3ccc(C)cc3C(=O)c3ccc(OCCCl)cc3)c2cc1OC. The minimum atomic E-state index is -0.198. The summed E-state index contributed by atoms with van der Waals surface area (Å²) in [5.41, 5.74) is 5.11. The summed E-state index contributed by atoms with van der Waals surface area (Å²) >= 11 is 5.67. The van der Waals surface area contributed by atoms with Crippen LogP contribution in [0.4, 0.5) is 0 Å². The highest BCUT2D eigenvalue weighted by Gasteiger charge is 2.20. The Morgan fingerprint density at radius 1 is 0.508 bits per heavy atom. The fraction of sp³-hybridized carbons (Fsp3) is 0.154. The molecule has 0 aliphatic heterocycles. The summed E-state index contributed by atoms with van der Waals surface area (Å²) in [6, 6.07) is 34.8. The maximum Gasteiger partial charge on any atom is 0.196 e. The number of phenolic OH excluding ortho intramolecular Hbond substituents is 1. The number of aryl methyl sites for hydroxylation is 2. The summed E-state index contributed by atoms with van der Waals surface area (Å²) in [7, 11) is 6.28. The van der Waals surface area contributed by atoms with Crippen molar-refractivity contribution in [3.8, 4) is 57.5 Å². The fourth-order valence-corrected chi connectivity index (χ4v) is 6.99. The number of carbonyl (C=O) groups excluding carboxylic acids is 2. The van der Waals surface area contributed by atoms with Gasteiger partial charge in [0.1, 0.15) is 41.1 Å². The molecular weight excluding hydrogens is 848 g/mol. The number of pyridine rings is 2. The van der Waals surface area contributed by atoms with E-state index >= 15 is 0 Å². The highest BCUT2D eigenvalue weighted by Crippen LogP contribution is 2.40. The van der Waals surface area contributed by atoms with Crippen LogP contribution in [0.2, 0.25) is 0 Å². The van der Waals surface area contributed by atoms with Crippen LogP contribution in [0.1, 0.15) is 43.0 Å². The lowest BCUT2D eigenvalue weighted by molar-refractivity contribution is 0.102. The zero-order chi connectivity index (χ0) is 46.0. The van der Waals surface area contributed by atoms with E-state index in [1.807, 2.05) is 38.1 Å². The average molecular weight is 893 g/mol. The van der Waals surface area contributed by atoms with Crippen LogP contribution >= 0.6 is 11.6 Å². The molecule has 2 aromatic heterocycles. The molecule has 0 saturated heterocycles. The van der Waals surface area contributed by atoms with Crippen molar-refractivity contribution in [3.63, 3.8) is 0 Å². The first-order chi connectivity index (χ1) is 31.5. The van der Waals surface area contributed by atoms with Gasteiger partial charge in [-0.3, -0.25) is 19.6 Å². The number of ether oxygens (including phenoxy) is 7. The lowest BCUT2D eigenvalue weighted by Crippen LogP contribution is -2.05. The molecule has 0 bridgehead atoms. The Kier molecular flexibility index (Phi) is 14.3. The average Bonchev–Trinajstić information content (AvgIpc) is 3.33. The molecule has 8 aromatic rings. The quantitative estimate of drug-likeness (QED) is 0.0772.